The Morgan fingerprint density at radius 1 is 1.31 bits per heavy atom. The zero-order chi connectivity index (χ0) is 12.0. The van der Waals surface area contributed by atoms with Gasteiger partial charge in [-0.15, -0.1) is 10.2 Å². The van der Waals surface area contributed by atoms with Crippen molar-refractivity contribution in [1.29, 1.82) is 0 Å². The van der Waals surface area contributed by atoms with Gasteiger partial charge >= 0.3 is 0 Å². The Morgan fingerprint density at radius 2 is 1.94 bits per heavy atom. The first-order chi connectivity index (χ1) is 7.59. The quantitative estimate of drug-likeness (QED) is 0.712. The van der Waals surface area contributed by atoms with Gasteiger partial charge in [0, 0.05) is 6.92 Å². The highest BCUT2D eigenvalue weighted by atomic mass is 32.9. The Bertz CT molecular complexity index is 362. The van der Waals surface area contributed by atoms with Gasteiger partial charge in [0.2, 0.25) is 17.5 Å². The van der Waals surface area contributed by atoms with E-state index in [9.17, 15) is 0 Å². The molecule has 0 bridgehead atoms. The number of hydrogen-bond donors (Lipinski definition) is 0. The molecule has 0 atom stereocenters. The van der Waals surface area contributed by atoms with E-state index in [1.807, 2.05) is 13.8 Å². The zero-order valence-electron chi connectivity index (χ0n) is 9.50. The lowest BCUT2D eigenvalue weighted by Gasteiger charge is -2.18. The third-order valence-corrected chi connectivity index (χ3v) is 6.88. The Labute approximate surface area is 104 Å². The van der Waals surface area contributed by atoms with Crippen LogP contribution >= 0.6 is 17.1 Å². The monoisotopic (exact) mass is 282 g/mol. The van der Waals surface area contributed by atoms with Crippen LogP contribution in [0.1, 0.15) is 25.6 Å². The van der Waals surface area contributed by atoms with Gasteiger partial charge in [-0.2, -0.15) is 0 Å². The van der Waals surface area contributed by atoms with E-state index in [1.54, 1.807) is 6.92 Å². The molecule has 0 aliphatic heterocycles. The van der Waals surface area contributed by atoms with E-state index in [0.717, 1.165) is 0 Å². The number of nitrogens with zero attached hydrogens (tertiary/aromatic N) is 2. The molecule has 0 saturated carbocycles. The minimum absolute atomic E-state index is 0.526. The summed E-state index contributed by atoms with van der Waals surface area (Å²) in [4.78, 5) is 0. The maximum absolute atomic E-state index is 5.48. The Kier molecular flexibility index (Phi) is 5.92. The molecule has 0 spiro atoms. The van der Waals surface area contributed by atoms with Gasteiger partial charge in [0.15, 0.2) is 0 Å². The van der Waals surface area contributed by atoms with Crippen LogP contribution in [-0.4, -0.2) is 23.4 Å². The summed E-state index contributed by atoms with van der Waals surface area (Å²) in [5.41, 5.74) is -2.25. The van der Waals surface area contributed by atoms with Gasteiger partial charge < -0.3 is 13.5 Å². The molecule has 1 aromatic rings. The second kappa shape index (κ2) is 6.71. The molecule has 1 heterocycles. The van der Waals surface area contributed by atoms with Gasteiger partial charge in [0.25, 0.3) is 0 Å². The summed E-state index contributed by atoms with van der Waals surface area (Å²) in [6, 6.07) is 0. The molecule has 5 nitrogen and oxygen atoms in total. The standard InChI is InChI=1S/C8H15N2O3PS2/c1-4-11-14(15,12-5-2)16-6-8-10-9-7(3)13-8/h4-6H2,1-3H3. The number of aryl methyl sites for hydroxylation is 1. The lowest BCUT2D eigenvalue weighted by atomic mass is 10.8. The third kappa shape index (κ3) is 4.51. The molecule has 0 aliphatic rings. The van der Waals surface area contributed by atoms with E-state index in [2.05, 4.69) is 10.2 Å². The summed E-state index contributed by atoms with van der Waals surface area (Å²) in [7, 11) is 0. The molecule has 0 aliphatic carbocycles. The first kappa shape index (κ1) is 14.1. The second-order valence-corrected chi connectivity index (χ2v) is 9.08. The fourth-order valence-electron chi connectivity index (χ4n) is 0.958. The van der Waals surface area contributed by atoms with Crippen molar-refractivity contribution in [3.8, 4) is 0 Å². The van der Waals surface area contributed by atoms with E-state index in [4.69, 9.17) is 25.3 Å². The predicted molar refractivity (Wildman–Crippen MR) is 67.9 cm³/mol. The SMILES string of the molecule is CCOP(=S)(OCC)SCc1nnc(C)o1. The predicted octanol–water partition coefficient (Wildman–Crippen LogP) is 2.91. The van der Waals surface area contributed by atoms with Gasteiger partial charge in [0.1, 0.15) is 0 Å². The molecule has 0 fully saturated rings. The summed E-state index contributed by atoms with van der Waals surface area (Å²) < 4.78 is 16.2. The van der Waals surface area contributed by atoms with Crippen molar-refractivity contribution in [3.05, 3.63) is 11.8 Å². The topological polar surface area (TPSA) is 57.4 Å². The fourth-order valence-corrected chi connectivity index (χ4v) is 5.19. The normalized spacial score (nSPS) is 11.9. The summed E-state index contributed by atoms with van der Waals surface area (Å²) >= 11 is 6.77. The largest absolute Gasteiger partial charge is 0.425 e. The maximum atomic E-state index is 5.48. The Balaban J connectivity index is 2.53. The van der Waals surface area contributed by atoms with Gasteiger partial charge in [-0.25, -0.2) is 0 Å². The van der Waals surface area contributed by atoms with Crippen LogP contribution in [0.3, 0.4) is 0 Å². The number of aromatic nitrogens is 2. The zero-order valence-corrected chi connectivity index (χ0v) is 12.0. The molecule has 8 heteroatoms. The van der Waals surface area contributed by atoms with Crippen LogP contribution < -0.4 is 0 Å². The molecule has 16 heavy (non-hydrogen) atoms. The molecule has 0 unspecified atom stereocenters. The van der Waals surface area contributed by atoms with E-state index >= 15 is 0 Å². The molecule has 0 aromatic carbocycles. The highest BCUT2D eigenvalue weighted by Crippen LogP contribution is 2.61. The molecule has 1 rings (SSSR count). The van der Waals surface area contributed by atoms with Crippen molar-refractivity contribution in [2.75, 3.05) is 13.2 Å². The van der Waals surface area contributed by atoms with Crippen LogP contribution in [0.25, 0.3) is 0 Å². The molecule has 0 radical (unpaired) electrons. The summed E-state index contributed by atoms with van der Waals surface area (Å²) in [5.74, 6) is 1.63. The van der Waals surface area contributed by atoms with Crippen molar-refractivity contribution in [2.24, 2.45) is 0 Å². The van der Waals surface area contributed by atoms with Crippen molar-refractivity contribution in [2.45, 2.75) is 26.5 Å². The molecular formula is C8H15N2O3PS2. The number of rotatable bonds is 7. The first-order valence-corrected chi connectivity index (χ1v) is 9.15. The van der Waals surface area contributed by atoms with Crippen LogP contribution in [0.2, 0.25) is 0 Å². The second-order valence-electron chi connectivity index (χ2n) is 2.77. The van der Waals surface area contributed by atoms with E-state index in [0.29, 0.717) is 30.7 Å². The van der Waals surface area contributed by atoms with E-state index in [-0.39, 0.29) is 0 Å². The fraction of sp³-hybridized carbons (Fsp3) is 0.750. The third-order valence-electron chi connectivity index (χ3n) is 1.49. The van der Waals surface area contributed by atoms with Gasteiger partial charge in [-0.05, 0) is 25.7 Å². The highest BCUT2D eigenvalue weighted by Gasteiger charge is 2.20. The molecule has 0 amide bonds. The van der Waals surface area contributed by atoms with E-state index in [1.165, 1.54) is 11.4 Å². The van der Waals surface area contributed by atoms with Crippen LogP contribution in [0, 0.1) is 6.92 Å². The molecular weight excluding hydrogens is 267 g/mol. The molecule has 0 saturated heterocycles. The van der Waals surface area contributed by atoms with Crippen molar-refractivity contribution >= 4 is 28.9 Å². The van der Waals surface area contributed by atoms with Crippen molar-refractivity contribution in [1.82, 2.24) is 10.2 Å². The number of hydrogen-bond acceptors (Lipinski definition) is 7. The van der Waals surface area contributed by atoms with E-state index < -0.39 is 5.69 Å². The average Bonchev–Trinajstić information content (AvgIpc) is 2.62. The molecule has 1 aromatic heterocycles. The first-order valence-electron chi connectivity index (χ1n) is 4.92. The molecule has 0 N–H and O–H groups in total. The minimum Gasteiger partial charge on any atom is -0.425 e. The highest BCUT2D eigenvalue weighted by molar-refractivity contribution is 8.67. The van der Waals surface area contributed by atoms with Crippen LogP contribution in [0.4, 0.5) is 0 Å². The minimum atomic E-state index is -2.25. The van der Waals surface area contributed by atoms with Crippen molar-refractivity contribution < 1.29 is 13.5 Å². The lowest BCUT2D eigenvalue weighted by molar-refractivity contribution is 0.280. The molecule has 92 valence electrons. The summed E-state index contributed by atoms with van der Waals surface area (Å²) in [6.07, 6.45) is 0. The average molecular weight is 282 g/mol. The van der Waals surface area contributed by atoms with Gasteiger partial charge in [-0.1, -0.05) is 11.4 Å². The van der Waals surface area contributed by atoms with Gasteiger partial charge in [0.05, 0.1) is 19.0 Å². The van der Waals surface area contributed by atoms with Crippen LogP contribution in [-0.2, 0) is 26.6 Å². The maximum Gasteiger partial charge on any atom is 0.247 e. The lowest BCUT2D eigenvalue weighted by Crippen LogP contribution is -1.93. The Hall–Kier alpha value is 0.0600. The summed E-state index contributed by atoms with van der Waals surface area (Å²) in [6.45, 7) is 6.65. The Morgan fingerprint density at radius 3 is 2.38 bits per heavy atom. The smallest absolute Gasteiger partial charge is 0.247 e. The van der Waals surface area contributed by atoms with Gasteiger partial charge in [-0.3, -0.25) is 0 Å². The van der Waals surface area contributed by atoms with Crippen LogP contribution in [0.5, 0.6) is 0 Å². The summed E-state index contributed by atoms with van der Waals surface area (Å²) in [5, 5.41) is 7.64. The van der Waals surface area contributed by atoms with Crippen LogP contribution in [0.15, 0.2) is 4.42 Å². The van der Waals surface area contributed by atoms with Crippen molar-refractivity contribution in [3.63, 3.8) is 0 Å².